The lowest BCUT2D eigenvalue weighted by Crippen LogP contribution is -2.38. The molecule has 210 valence electrons. The zero-order valence-electron chi connectivity index (χ0n) is 24.2. The first-order valence-corrected chi connectivity index (χ1v) is 14.6. The molecule has 2 aromatic heterocycles. The van der Waals surface area contributed by atoms with E-state index in [9.17, 15) is 4.79 Å². The van der Waals surface area contributed by atoms with Crippen LogP contribution >= 0.6 is 0 Å². The Morgan fingerprint density at radius 1 is 0.905 bits per heavy atom. The number of nitrogens with one attached hydrogen (secondary N) is 1. The topological polar surface area (TPSA) is 69.0 Å². The van der Waals surface area contributed by atoms with Gasteiger partial charge in [0.15, 0.2) is 5.82 Å². The minimum atomic E-state index is -0.485. The van der Waals surface area contributed by atoms with Crippen LogP contribution < -0.4 is 5.32 Å². The molecular formula is C36H34N4O2. The third-order valence-electron chi connectivity index (χ3n) is 8.36. The summed E-state index contributed by atoms with van der Waals surface area (Å²) >= 11 is 0. The van der Waals surface area contributed by atoms with Crippen molar-refractivity contribution in [1.82, 2.24) is 14.5 Å². The van der Waals surface area contributed by atoms with E-state index in [2.05, 4.69) is 76.6 Å². The number of fused-ring (bicyclic) bond motifs is 5. The SMILES string of the molecule is CC(C)(C)OC(=O)CC1(c2ccc(-c3nc4n(c3-c3ccccc3)-c3cccnc3Nc3ccccc3-4)cc2)CCC1. The summed E-state index contributed by atoms with van der Waals surface area (Å²) in [5, 5.41) is 3.53. The first-order valence-electron chi connectivity index (χ1n) is 14.6. The number of esters is 1. The monoisotopic (exact) mass is 554 g/mol. The van der Waals surface area contributed by atoms with Gasteiger partial charge in [-0.3, -0.25) is 9.36 Å². The van der Waals surface area contributed by atoms with Crippen molar-refractivity contribution < 1.29 is 9.53 Å². The van der Waals surface area contributed by atoms with E-state index in [0.717, 1.165) is 70.4 Å². The van der Waals surface area contributed by atoms with Crippen molar-refractivity contribution >= 4 is 17.5 Å². The Kier molecular flexibility index (Phi) is 6.23. The average Bonchev–Trinajstić information content (AvgIpc) is 3.29. The molecule has 0 spiro atoms. The summed E-state index contributed by atoms with van der Waals surface area (Å²) in [5.41, 5.74) is 7.49. The number of pyridine rings is 1. The van der Waals surface area contributed by atoms with Crippen LogP contribution in [-0.2, 0) is 14.9 Å². The van der Waals surface area contributed by atoms with Crippen LogP contribution in [0, 0.1) is 0 Å². The lowest BCUT2D eigenvalue weighted by Gasteiger charge is -2.42. The molecule has 1 N–H and O–H groups in total. The van der Waals surface area contributed by atoms with Gasteiger partial charge in [-0.2, -0.15) is 0 Å². The van der Waals surface area contributed by atoms with Gasteiger partial charge in [0.25, 0.3) is 0 Å². The Morgan fingerprint density at radius 3 is 2.36 bits per heavy atom. The van der Waals surface area contributed by atoms with Crippen molar-refractivity contribution in [3.8, 4) is 39.6 Å². The van der Waals surface area contributed by atoms with Gasteiger partial charge in [-0.05, 0) is 63.4 Å². The molecule has 3 heterocycles. The second-order valence-corrected chi connectivity index (χ2v) is 12.4. The molecule has 0 unspecified atom stereocenters. The maximum absolute atomic E-state index is 12.8. The minimum absolute atomic E-state index is 0.130. The van der Waals surface area contributed by atoms with Gasteiger partial charge in [-0.25, -0.2) is 9.97 Å². The Balaban J connectivity index is 1.37. The molecule has 1 aliphatic heterocycles. The summed E-state index contributed by atoms with van der Waals surface area (Å²) in [6.07, 6.45) is 5.33. The summed E-state index contributed by atoms with van der Waals surface area (Å²) in [5.74, 6) is 1.52. The van der Waals surface area contributed by atoms with Gasteiger partial charge in [-0.1, -0.05) is 73.2 Å². The molecule has 0 atom stereocenters. The Bertz CT molecular complexity index is 1780. The molecule has 1 saturated carbocycles. The van der Waals surface area contributed by atoms with E-state index in [0.29, 0.717) is 6.42 Å². The minimum Gasteiger partial charge on any atom is -0.460 e. The highest BCUT2D eigenvalue weighted by Crippen LogP contribution is 2.48. The van der Waals surface area contributed by atoms with Gasteiger partial charge in [0.2, 0.25) is 0 Å². The first kappa shape index (κ1) is 26.2. The Labute approximate surface area is 246 Å². The summed E-state index contributed by atoms with van der Waals surface area (Å²) in [6.45, 7) is 5.77. The molecule has 0 saturated heterocycles. The Hall–Kier alpha value is -4.71. The summed E-state index contributed by atoms with van der Waals surface area (Å²) in [6, 6.07) is 31.4. The Morgan fingerprint density at radius 2 is 1.64 bits per heavy atom. The molecule has 2 aliphatic rings. The third kappa shape index (κ3) is 4.57. The van der Waals surface area contributed by atoms with Gasteiger partial charge in [0.1, 0.15) is 11.4 Å². The van der Waals surface area contributed by atoms with Gasteiger partial charge >= 0.3 is 5.97 Å². The van der Waals surface area contributed by atoms with Crippen molar-refractivity contribution in [3.05, 3.63) is 103 Å². The number of carbonyl (C=O) groups excluding carboxylic acids is 1. The molecule has 3 aromatic carbocycles. The molecule has 5 aromatic rings. The van der Waals surface area contributed by atoms with E-state index in [-0.39, 0.29) is 11.4 Å². The van der Waals surface area contributed by atoms with Crippen LogP contribution in [0.4, 0.5) is 11.5 Å². The summed E-state index contributed by atoms with van der Waals surface area (Å²) in [7, 11) is 0. The van der Waals surface area contributed by atoms with Crippen LogP contribution in [0.3, 0.4) is 0 Å². The standard InChI is InChI=1S/C36H34N4O2/c1-35(2,3)42-30(41)23-36(20-10-21-36)26-18-16-24(17-19-26)31-32(25-11-5-4-6-12-25)40-29-15-9-22-37-33(29)38-28-14-8-7-13-27(28)34(40)39-31/h4-9,11-19,22H,10,20-21,23H2,1-3H3,(H,37,38). The van der Waals surface area contributed by atoms with Gasteiger partial charge < -0.3 is 10.1 Å². The predicted octanol–water partition coefficient (Wildman–Crippen LogP) is 8.48. The highest BCUT2D eigenvalue weighted by atomic mass is 16.6. The largest absolute Gasteiger partial charge is 0.460 e. The molecule has 42 heavy (non-hydrogen) atoms. The smallest absolute Gasteiger partial charge is 0.307 e. The van der Waals surface area contributed by atoms with Gasteiger partial charge in [0, 0.05) is 28.3 Å². The molecule has 1 fully saturated rings. The van der Waals surface area contributed by atoms with E-state index in [4.69, 9.17) is 14.7 Å². The van der Waals surface area contributed by atoms with Crippen LogP contribution in [0.5, 0.6) is 0 Å². The lowest BCUT2D eigenvalue weighted by atomic mass is 9.62. The van der Waals surface area contributed by atoms with Gasteiger partial charge in [-0.15, -0.1) is 0 Å². The summed E-state index contributed by atoms with van der Waals surface area (Å²) < 4.78 is 7.93. The van der Waals surface area contributed by atoms with Crippen molar-refractivity contribution in [1.29, 1.82) is 0 Å². The number of imidazole rings is 1. The average molecular weight is 555 g/mol. The second kappa shape index (κ2) is 9.98. The molecule has 0 amide bonds. The van der Waals surface area contributed by atoms with Crippen LogP contribution in [0.15, 0.2) is 97.2 Å². The number of rotatable bonds is 5. The van der Waals surface area contributed by atoms with E-state index in [1.165, 1.54) is 5.56 Å². The number of benzene rings is 3. The quantitative estimate of drug-likeness (QED) is 0.216. The van der Waals surface area contributed by atoms with Crippen LogP contribution in [0.2, 0.25) is 0 Å². The molecule has 1 aliphatic carbocycles. The normalized spacial score (nSPS) is 14.8. The van der Waals surface area contributed by atoms with E-state index in [1.807, 2.05) is 51.2 Å². The van der Waals surface area contributed by atoms with Crippen molar-refractivity contribution in [3.63, 3.8) is 0 Å². The number of carbonyl (C=O) groups is 1. The fraction of sp³-hybridized carbons (Fsp3) is 0.250. The number of ether oxygens (including phenoxy) is 1. The van der Waals surface area contributed by atoms with Crippen molar-refractivity contribution in [2.45, 2.75) is 57.5 Å². The van der Waals surface area contributed by atoms with Crippen molar-refractivity contribution in [2.24, 2.45) is 0 Å². The molecule has 6 heteroatoms. The molecule has 0 bridgehead atoms. The zero-order chi connectivity index (χ0) is 28.9. The lowest BCUT2D eigenvalue weighted by molar-refractivity contribution is -0.157. The number of anilines is 2. The van der Waals surface area contributed by atoms with E-state index < -0.39 is 5.60 Å². The highest BCUT2D eigenvalue weighted by molar-refractivity contribution is 5.90. The molecule has 6 nitrogen and oxygen atoms in total. The second-order valence-electron chi connectivity index (χ2n) is 12.4. The van der Waals surface area contributed by atoms with Crippen LogP contribution in [0.1, 0.15) is 52.0 Å². The maximum Gasteiger partial charge on any atom is 0.307 e. The number of para-hydroxylation sites is 1. The third-order valence-corrected chi connectivity index (χ3v) is 8.36. The first-order chi connectivity index (χ1) is 20.3. The zero-order valence-corrected chi connectivity index (χ0v) is 24.2. The van der Waals surface area contributed by atoms with Crippen LogP contribution in [0.25, 0.3) is 39.6 Å². The van der Waals surface area contributed by atoms with E-state index >= 15 is 0 Å². The van der Waals surface area contributed by atoms with Gasteiger partial charge in [0.05, 0.1) is 29.2 Å². The molecule has 7 rings (SSSR count). The van der Waals surface area contributed by atoms with E-state index in [1.54, 1.807) is 0 Å². The maximum atomic E-state index is 12.8. The fourth-order valence-electron chi connectivity index (χ4n) is 6.29. The molecule has 0 radical (unpaired) electrons. The summed E-state index contributed by atoms with van der Waals surface area (Å²) in [4.78, 5) is 22.9. The fourth-order valence-corrected chi connectivity index (χ4v) is 6.29. The predicted molar refractivity (Wildman–Crippen MR) is 167 cm³/mol. The van der Waals surface area contributed by atoms with Crippen LogP contribution in [-0.4, -0.2) is 26.1 Å². The number of hydrogen-bond acceptors (Lipinski definition) is 5. The number of aromatic nitrogens is 3. The number of nitrogens with zero attached hydrogens (tertiary/aromatic N) is 3. The molecular weight excluding hydrogens is 520 g/mol. The highest BCUT2D eigenvalue weighted by Gasteiger charge is 2.41. The number of hydrogen-bond donors (Lipinski definition) is 1. The van der Waals surface area contributed by atoms with Crippen molar-refractivity contribution in [2.75, 3.05) is 5.32 Å².